The normalized spacial score (nSPS) is 11.0. The van der Waals surface area contributed by atoms with E-state index in [-0.39, 0.29) is 11.9 Å². The van der Waals surface area contributed by atoms with Crippen LogP contribution in [0.1, 0.15) is 40.8 Å². The fourth-order valence-corrected chi connectivity index (χ4v) is 3.45. The second kappa shape index (κ2) is 7.93. The molecule has 0 spiro atoms. The smallest absolute Gasteiger partial charge is 0.266 e. The summed E-state index contributed by atoms with van der Waals surface area (Å²) in [5, 5.41) is 9.89. The number of hydrogen-bond acceptors (Lipinski definition) is 4. The van der Waals surface area contributed by atoms with Crippen molar-refractivity contribution in [1.29, 1.82) is 0 Å². The van der Waals surface area contributed by atoms with Gasteiger partial charge in [0.1, 0.15) is 18.2 Å². The second-order valence-electron chi connectivity index (χ2n) is 6.23. The summed E-state index contributed by atoms with van der Waals surface area (Å²) in [5.41, 5.74) is 1.81. The number of nitrogens with one attached hydrogen (secondary N) is 1. The van der Waals surface area contributed by atoms with E-state index in [0.29, 0.717) is 28.1 Å². The SMILES string of the molecule is Cc1cc(NC(=O)c2cc(COc3cccc(Cl)c3)cs2)n(C(C)C)n1. The van der Waals surface area contributed by atoms with Gasteiger partial charge in [0, 0.05) is 22.7 Å². The Kier molecular flexibility index (Phi) is 5.64. The molecule has 0 radical (unpaired) electrons. The van der Waals surface area contributed by atoms with E-state index in [9.17, 15) is 4.79 Å². The van der Waals surface area contributed by atoms with Crippen molar-refractivity contribution in [2.24, 2.45) is 0 Å². The van der Waals surface area contributed by atoms with Crippen molar-refractivity contribution in [2.75, 3.05) is 5.32 Å². The topological polar surface area (TPSA) is 56.1 Å². The zero-order valence-electron chi connectivity index (χ0n) is 14.8. The number of carbonyl (C=O) groups is 1. The molecule has 3 aromatic rings. The molecule has 1 aromatic carbocycles. The van der Waals surface area contributed by atoms with E-state index in [2.05, 4.69) is 10.4 Å². The van der Waals surface area contributed by atoms with Gasteiger partial charge in [-0.3, -0.25) is 4.79 Å². The minimum atomic E-state index is -0.147. The summed E-state index contributed by atoms with van der Waals surface area (Å²) in [4.78, 5) is 13.2. The monoisotopic (exact) mass is 389 g/mol. The van der Waals surface area contributed by atoms with Crippen LogP contribution < -0.4 is 10.1 Å². The van der Waals surface area contributed by atoms with Crippen molar-refractivity contribution in [2.45, 2.75) is 33.4 Å². The Morgan fingerprint density at radius 3 is 2.88 bits per heavy atom. The number of ether oxygens (including phenoxy) is 1. The van der Waals surface area contributed by atoms with Gasteiger partial charge in [-0.15, -0.1) is 11.3 Å². The molecule has 5 nitrogen and oxygen atoms in total. The molecule has 7 heteroatoms. The summed E-state index contributed by atoms with van der Waals surface area (Å²) < 4.78 is 7.52. The van der Waals surface area contributed by atoms with Gasteiger partial charge in [0.25, 0.3) is 5.91 Å². The highest BCUT2D eigenvalue weighted by Crippen LogP contribution is 2.22. The molecular formula is C19H20ClN3O2S. The third kappa shape index (κ3) is 4.45. The number of thiophene rings is 1. The van der Waals surface area contributed by atoms with Gasteiger partial charge < -0.3 is 10.1 Å². The standard InChI is InChI=1S/C19H20ClN3O2S/c1-12(2)23-18(7-13(3)22-23)21-19(24)17-8-14(11-26-17)10-25-16-6-4-5-15(20)9-16/h4-9,11-12H,10H2,1-3H3,(H,21,24). The number of amides is 1. The van der Waals surface area contributed by atoms with Crippen LogP contribution in [-0.2, 0) is 6.61 Å². The molecule has 3 rings (SSSR count). The number of aromatic nitrogens is 2. The molecule has 0 aliphatic rings. The largest absolute Gasteiger partial charge is 0.489 e. The van der Waals surface area contributed by atoms with Crippen LogP contribution >= 0.6 is 22.9 Å². The van der Waals surface area contributed by atoms with E-state index in [0.717, 1.165) is 11.3 Å². The molecule has 1 N–H and O–H groups in total. The third-order valence-electron chi connectivity index (χ3n) is 3.67. The minimum Gasteiger partial charge on any atom is -0.489 e. The molecular weight excluding hydrogens is 370 g/mol. The molecule has 136 valence electrons. The second-order valence-corrected chi connectivity index (χ2v) is 7.58. The molecule has 2 heterocycles. The van der Waals surface area contributed by atoms with Crippen molar-refractivity contribution in [3.63, 3.8) is 0 Å². The first kappa shape index (κ1) is 18.5. The highest BCUT2D eigenvalue weighted by molar-refractivity contribution is 7.12. The van der Waals surface area contributed by atoms with Gasteiger partial charge in [0.2, 0.25) is 0 Å². The maximum atomic E-state index is 12.5. The molecule has 0 aliphatic carbocycles. The number of aryl methyl sites for hydroxylation is 1. The lowest BCUT2D eigenvalue weighted by Gasteiger charge is -2.11. The maximum Gasteiger partial charge on any atom is 0.266 e. The Labute approximate surface area is 161 Å². The molecule has 0 bridgehead atoms. The van der Waals surface area contributed by atoms with Crippen LogP contribution in [0.25, 0.3) is 0 Å². The van der Waals surface area contributed by atoms with Gasteiger partial charge in [-0.25, -0.2) is 4.68 Å². The van der Waals surface area contributed by atoms with Crippen LogP contribution in [0.2, 0.25) is 5.02 Å². The van der Waals surface area contributed by atoms with Crippen LogP contribution in [0.5, 0.6) is 5.75 Å². The van der Waals surface area contributed by atoms with Crippen molar-refractivity contribution < 1.29 is 9.53 Å². The van der Waals surface area contributed by atoms with Crippen molar-refractivity contribution in [1.82, 2.24) is 9.78 Å². The molecule has 0 saturated carbocycles. The van der Waals surface area contributed by atoms with Gasteiger partial charge in [0.05, 0.1) is 10.6 Å². The van der Waals surface area contributed by atoms with Crippen molar-refractivity contribution in [3.05, 3.63) is 62.9 Å². The Morgan fingerprint density at radius 1 is 1.35 bits per heavy atom. The van der Waals surface area contributed by atoms with Crippen molar-refractivity contribution in [3.8, 4) is 5.75 Å². The first-order valence-electron chi connectivity index (χ1n) is 8.25. The lowest BCUT2D eigenvalue weighted by Crippen LogP contribution is -2.15. The maximum absolute atomic E-state index is 12.5. The van der Waals surface area contributed by atoms with Gasteiger partial charge in [-0.2, -0.15) is 5.10 Å². The summed E-state index contributed by atoms with van der Waals surface area (Å²) in [6, 6.07) is 11.1. The highest BCUT2D eigenvalue weighted by Gasteiger charge is 2.14. The van der Waals surface area contributed by atoms with Gasteiger partial charge in [-0.05, 0) is 50.4 Å². The molecule has 26 heavy (non-hydrogen) atoms. The predicted molar refractivity (Wildman–Crippen MR) is 105 cm³/mol. The van der Waals surface area contributed by atoms with E-state index in [1.165, 1.54) is 11.3 Å². The highest BCUT2D eigenvalue weighted by atomic mass is 35.5. The quantitative estimate of drug-likeness (QED) is 0.620. The van der Waals surface area contributed by atoms with Crippen LogP contribution in [-0.4, -0.2) is 15.7 Å². The molecule has 1 amide bonds. The Balaban J connectivity index is 1.65. The molecule has 0 aliphatic heterocycles. The van der Waals surface area contributed by atoms with E-state index in [1.54, 1.807) is 12.1 Å². The van der Waals surface area contributed by atoms with E-state index in [1.807, 2.05) is 55.1 Å². The first-order valence-corrected chi connectivity index (χ1v) is 9.51. The van der Waals surface area contributed by atoms with Crippen LogP contribution in [0.4, 0.5) is 5.82 Å². The fraction of sp³-hybridized carbons (Fsp3) is 0.263. The summed E-state index contributed by atoms with van der Waals surface area (Å²) in [6.45, 7) is 6.34. The Morgan fingerprint density at radius 2 is 2.15 bits per heavy atom. The number of rotatable bonds is 6. The van der Waals surface area contributed by atoms with Crippen LogP contribution in [0.15, 0.2) is 41.8 Å². The van der Waals surface area contributed by atoms with E-state index < -0.39 is 0 Å². The number of nitrogens with zero attached hydrogens (tertiary/aromatic N) is 2. The fourth-order valence-electron chi connectivity index (χ4n) is 2.48. The minimum absolute atomic E-state index is 0.147. The Hall–Kier alpha value is -2.31. The molecule has 0 unspecified atom stereocenters. The number of anilines is 1. The van der Waals surface area contributed by atoms with Gasteiger partial charge in [0.15, 0.2) is 0 Å². The van der Waals surface area contributed by atoms with E-state index in [4.69, 9.17) is 16.3 Å². The summed E-state index contributed by atoms with van der Waals surface area (Å²) in [7, 11) is 0. The van der Waals surface area contributed by atoms with Gasteiger partial charge >= 0.3 is 0 Å². The van der Waals surface area contributed by atoms with Gasteiger partial charge in [-0.1, -0.05) is 17.7 Å². The van der Waals surface area contributed by atoms with Crippen molar-refractivity contribution >= 4 is 34.7 Å². The predicted octanol–water partition coefficient (Wildman–Crippen LogP) is 5.32. The first-order chi connectivity index (χ1) is 12.4. The molecule has 0 saturated heterocycles. The van der Waals surface area contributed by atoms with Crippen LogP contribution in [0, 0.1) is 6.92 Å². The zero-order valence-corrected chi connectivity index (χ0v) is 16.4. The molecule has 2 aromatic heterocycles. The molecule has 0 atom stereocenters. The summed E-state index contributed by atoms with van der Waals surface area (Å²) in [6.07, 6.45) is 0. The van der Waals surface area contributed by atoms with E-state index >= 15 is 0 Å². The lowest BCUT2D eigenvalue weighted by atomic mass is 10.3. The average Bonchev–Trinajstić information content (AvgIpc) is 3.20. The summed E-state index contributed by atoms with van der Waals surface area (Å²) >= 11 is 7.34. The number of halogens is 1. The zero-order chi connectivity index (χ0) is 18.7. The van der Waals surface area contributed by atoms with Crippen LogP contribution in [0.3, 0.4) is 0 Å². The number of hydrogen-bond donors (Lipinski definition) is 1. The average molecular weight is 390 g/mol. The number of benzene rings is 1. The third-order valence-corrected chi connectivity index (χ3v) is 4.88. The molecule has 0 fully saturated rings. The number of carbonyl (C=O) groups excluding carboxylic acids is 1. The Bertz CT molecular complexity index is 917. The lowest BCUT2D eigenvalue weighted by molar-refractivity contribution is 0.102. The summed E-state index contributed by atoms with van der Waals surface area (Å²) in [5.74, 6) is 1.25.